The molecule has 1 heterocycles. The van der Waals surface area contributed by atoms with E-state index in [4.69, 9.17) is 5.73 Å². The number of hydrogen-bond acceptors (Lipinski definition) is 9. The smallest absolute Gasteiger partial charge is 0.394 e. The Labute approximate surface area is 156 Å². The molecule has 0 spiro atoms. The van der Waals surface area contributed by atoms with Crippen LogP contribution in [-0.4, -0.2) is 117 Å². The summed E-state index contributed by atoms with van der Waals surface area (Å²) in [6.45, 7) is -2.37. The van der Waals surface area contributed by atoms with Crippen molar-refractivity contribution in [1.82, 2.24) is 9.80 Å². The van der Waals surface area contributed by atoms with Crippen molar-refractivity contribution in [3.8, 4) is 0 Å². The number of carbonyl (C=O) groups excluding carboxylic acids is 2. The number of likely N-dealkylation sites (N-methyl/N-ethyl adjacent to an activating group) is 1. The van der Waals surface area contributed by atoms with Gasteiger partial charge in [-0.05, 0) is 5.16 Å². The Morgan fingerprint density at radius 1 is 1.11 bits per heavy atom. The SMILES string of the molecule is CN(CC(=O)N1[C@H](CO)[C@H](O)C(O)[C@H](O)[C@H]1CO)C(N)=NOC(=O)C(F)(F)F. The van der Waals surface area contributed by atoms with E-state index in [1.54, 1.807) is 0 Å². The van der Waals surface area contributed by atoms with E-state index >= 15 is 0 Å². The lowest BCUT2D eigenvalue weighted by atomic mass is 9.88. The number of piperidine rings is 1. The van der Waals surface area contributed by atoms with Crippen molar-refractivity contribution in [3.63, 3.8) is 0 Å². The number of amides is 1. The van der Waals surface area contributed by atoms with Crippen molar-refractivity contribution >= 4 is 17.8 Å². The van der Waals surface area contributed by atoms with Crippen molar-refractivity contribution in [3.05, 3.63) is 0 Å². The van der Waals surface area contributed by atoms with Crippen LogP contribution in [0.3, 0.4) is 0 Å². The minimum Gasteiger partial charge on any atom is -0.394 e. The first-order chi connectivity index (χ1) is 12.9. The zero-order valence-electron chi connectivity index (χ0n) is 14.5. The van der Waals surface area contributed by atoms with Crippen molar-refractivity contribution < 1.29 is 53.1 Å². The van der Waals surface area contributed by atoms with Crippen molar-refractivity contribution in [2.45, 2.75) is 36.6 Å². The van der Waals surface area contributed by atoms with E-state index in [2.05, 4.69) is 9.99 Å². The third kappa shape index (κ3) is 5.20. The molecule has 1 aliphatic rings. The van der Waals surface area contributed by atoms with Crippen LogP contribution in [0, 0.1) is 0 Å². The van der Waals surface area contributed by atoms with E-state index in [9.17, 15) is 48.3 Å². The van der Waals surface area contributed by atoms with Crippen LogP contribution in [0.25, 0.3) is 0 Å². The normalized spacial score (nSPS) is 28.8. The fourth-order valence-electron chi connectivity index (χ4n) is 2.57. The van der Waals surface area contributed by atoms with Crippen LogP contribution in [0.15, 0.2) is 5.16 Å². The largest absolute Gasteiger partial charge is 0.493 e. The van der Waals surface area contributed by atoms with Crippen molar-refractivity contribution in [2.24, 2.45) is 10.9 Å². The second kappa shape index (κ2) is 9.33. The van der Waals surface area contributed by atoms with Gasteiger partial charge in [0.15, 0.2) is 0 Å². The predicted octanol–water partition coefficient (Wildman–Crippen LogP) is -4.10. The number of rotatable bonds is 5. The van der Waals surface area contributed by atoms with Gasteiger partial charge in [0.2, 0.25) is 11.9 Å². The number of guanidine groups is 1. The summed E-state index contributed by atoms with van der Waals surface area (Å²) in [7, 11) is 1.10. The number of nitrogens with two attached hydrogens (primary N) is 1. The molecule has 7 N–H and O–H groups in total. The number of likely N-dealkylation sites (tertiary alicyclic amines) is 1. The number of oxime groups is 1. The summed E-state index contributed by atoms with van der Waals surface area (Å²) in [5.74, 6) is -4.36. The van der Waals surface area contributed by atoms with E-state index < -0.39 is 74.2 Å². The third-order valence-corrected chi connectivity index (χ3v) is 4.08. The molecule has 0 aromatic heterocycles. The summed E-state index contributed by atoms with van der Waals surface area (Å²) < 4.78 is 36.1. The standard InChI is InChI=1S/C13H21F3N4O8/c1-19(12(17)18-28-11(27)13(14,15)16)2-7(23)20-5(3-21)8(24)10(26)9(25)6(20)4-22/h5-6,8-10,21-22,24-26H,2-4H2,1H3,(H2,17,18)/t5-,6-,8-,9+,10?/m1/s1. The maximum atomic E-state index is 12.5. The molecule has 0 aliphatic carbocycles. The van der Waals surface area contributed by atoms with Gasteiger partial charge in [-0.1, -0.05) is 0 Å². The molecule has 0 radical (unpaired) electrons. The van der Waals surface area contributed by atoms with Crippen LogP contribution < -0.4 is 5.73 Å². The molecule has 0 bridgehead atoms. The van der Waals surface area contributed by atoms with Crippen LogP contribution in [0.5, 0.6) is 0 Å². The number of halogens is 3. The quantitative estimate of drug-likeness (QED) is 0.111. The van der Waals surface area contributed by atoms with Gasteiger partial charge in [0, 0.05) is 7.05 Å². The van der Waals surface area contributed by atoms with Crippen molar-refractivity contribution in [1.29, 1.82) is 0 Å². The zero-order chi connectivity index (χ0) is 21.8. The monoisotopic (exact) mass is 418 g/mol. The third-order valence-electron chi connectivity index (χ3n) is 4.08. The van der Waals surface area contributed by atoms with Crippen LogP contribution in [0.2, 0.25) is 0 Å². The maximum absolute atomic E-state index is 12.5. The molecule has 0 aromatic rings. The van der Waals surface area contributed by atoms with E-state index in [1.807, 2.05) is 0 Å². The molecular weight excluding hydrogens is 397 g/mol. The fraction of sp³-hybridized carbons (Fsp3) is 0.769. The molecule has 1 amide bonds. The van der Waals surface area contributed by atoms with Gasteiger partial charge >= 0.3 is 12.1 Å². The first kappa shape index (κ1) is 23.8. The lowest BCUT2D eigenvalue weighted by Gasteiger charge is -2.48. The molecule has 0 saturated carbocycles. The molecule has 1 fully saturated rings. The number of nitrogens with zero attached hydrogens (tertiary/aromatic N) is 3. The molecule has 1 saturated heterocycles. The topological polar surface area (TPSA) is 189 Å². The minimum absolute atomic E-state index is 0.707. The van der Waals surface area contributed by atoms with E-state index in [1.165, 1.54) is 0 Å². The summed E-state index contributed by atoms with van der Waals surface area (Å²) in [4.78, 5) is 28.2. The van der Waals surface area contributed by atoms with Gasteiger partial charge in [-0.15, -0.1) is 0 Å². The van der Waals surface area contributed by atoms with Crippen LogP contribution in [0.4, 0.5) is 13.2 Å². The Morgan fingerprint density at radius 2 is 1.57 bits per heavy atom. The Hall–Kier alpha value is -2.20. The van der Waals surface area contributed by atoms with Gasteiger partial charge in [0.05, 0.1) is 31.8 Å². The molecule has 1 unspecified atom stereocenters. The summed E-state index contributed by atoms with van der Waals surface area (Å²) in [6, 6.07) is -2.78. The first-order valence-electron chi connectivity index (χ1n) is 7.76. The second-order valence-corrected chi connectivity index (χ2v) is 5.95. The average molecular weight is 418 g/mol. The number of hydrogen-bond donors (Lipinski definition) is 6. The van der Waals surface area contributed by atoms with Gasteiger partial charge < -0.3 is 45.9 Å². The Kier molecular flexibility index (Phi) is 7.94. The minimum atomic E-state index is -5.30. The van der Waals surface area contributed by atoms with Gasteiger partial charge in [0.1, 0.15) is 18.3 Å². The van der Waals surface area contributed by atoms with Crippen LogP contribution in [0.1, 0.15) is 0 Å². The highest BCUT2D eigenvalue weighted by atomic mass is 19.4. The van der Waals surface area contributed by atoms with E-state index in [-0.39, 0.29) is 0 Å². The van der Waals surface area contributed by atoms with E-state index in [0.717, 1.165) is 16.8 Å². The molecule has 1 rings (SSSR count). The first-order valence-corrected chi connectivity index (χ1v) is 7.76. The highest BCUT2D eigenvalue weighted by molar-refractivity contribution is 5.86. The molecule has 1 aliphatic heterocycles. The molecular formula is C13H21F3N4O8. The predicted molar refractivity (Wildman–Crippen MR) is 83.0 cm³/mol. The molecule has 162 valence electrons. The lowest BCUT2D eigenvalue weighted by Crippen LogP contribution is -2.70. The molecule has 5 atom stereocenters. The van der Waals surface area contributed by atoms with E-state index in [0.29, 0.717) is 0 Å². The lowest BCUT2D eigenvalue weighted by molar-refractivity contribution is -0.199. The summed E-state index contributed by atoms with van der Waals surface area (Å²) in [6.07, 6.45) is -10.5. The second-order valence-electron chi connectivity index (χ2n) is 5.95. The maximum Gasteiger partial charge on any atom is 0.493 e. The van der Waals surface area contributed by atoms with Crippen LogP contribution in [-0.2, 0) is 14.4 Å². The van der Waals surface area contributed by atoms with Gasteiger partial charge in [0.25, 0.3) is 0 Å². The average Bonchev–Trinajstić information content (AvgIpc) is 2.62. The highest BCUT2D eigenvalue weighted by Crippen LogP contribution is 2.25. The summed E-state index contributed by atoms with van der Waals surface area (Å²) in [5.41, 5.74) is 5.32. The van der Waals surface area contributed by atoms with Gasteiger partial charge in [-0.25, -0.2) is 4.79 Å². The number of carbonyl (C=O) groups is 2. The number of aliphatic hydroxyl groups is 5. The summed E-state index contributed by atoms with van der Waals surface area (Å²) >= 11 is 0. The fourth-order valence-corrected chi connectivity index (χ4v) is 2.57. The summed E-state index contributed by atoms with van der Waals surface area (Å²) in [5, 5.41) is 51.2. The van der Waals surface area contributed by atoms with Crippen molar-refractivity contribution in [2.75, 3.05) is 26.8 Å². The molecule has 28 heavy (non-hydrogen) atoms. The van der Waals surface area contributed by atoms with Crippen LogP contribution >= 0.6 is 0 Å². The molecule has 15 heteroatoms. The Bertz CT molecular complexity index is 587. The van der Waals surface area contributed by atoms with Gasteiger partial charge in [-0.2, -0.15) is 13.2 Å². The zero-order valence-corrected chi connectivity index (χ0v) is 14.5. The molecule has 12 nitrogen and oxygen atoms in total. The Balaban J connectivity index is 2.92. The number of aliphatic hydroxyl groups excluding tert-OH is 5. The number of alkyl halides is 3. The van der Waals surface area contributed by atoms with Gasteiger partial charge in [-0.3, -0.25) is 4.79 Å². The Morgan fingerprint density at radius 3 is 1.96 bits per heavy atom. The molecule has 0 aromatic carbocycles. The highest BCUT2D eigenvalue weighted by Gasteiger charge is 2.49.